The van der Waals surface area contributed by atoms with Crippen molar-refractivity contribution in [2.24, 2.45) is 0 Å². The van der Waals surface area contributed by atoms with Crippen molar-refractivity contribution in [2.45, 2.75) is 76.5 Å². The molecule has 0 spiro atoms. The van der Waals surface area contributed by atoms with Crippen LogP contribution in [-0.4, -0.2) is 0 Å². The molecule has 1 saturated carbocycles. The first-order valence-electron chi connectivity index (χ1n) is 20.3. The molecular weight excluding hydrogens is 663 g/mol. The Bertz CT molecular complexity index is 2430. The van der Waals surface area contributed by atoms with Gasteiger partial charge in [-0.15, -0.1) is 0 Å². The van der Waals surface area contributed by atoms with Crippen LogP contribution in [0.25, 0.3) is 33.4 Å². The first-order valence-corrected chi connectivity index (χ1v) is 20.3. The molecule has 0 bridgehead atoms. The number of para-hydroxylation sites is 1. The van der Waals surface area contributed by atoms with E-state index in [2.05, 4.69) is 202 Å². The summed E-state index contributed by atoms with van der Waals surface area (Å²) in [6.45, 7) is 9.29. The van der Waals surface area contributed by atoms with Crippen LogP contribution >= 0.6 is 0 Å². The van der Waals surface area contributed by atoms with Crippen LogP contribution in [0.5, 0.6) is 0 Å². The fraction of sp³-hybridized carbons (Fsp3) is 0.222. The highest BCUT2D eigenvalue weighted by atomic mass is 15.1. The molecule has 2 aliphatic rings. The molecule has 1 nitrogen and oxygen atoms in total. The highest BCUT2D eigenvalue weighted by molar-refractivity contribution is 5.91. The van der Waals surface area contributed by atoms with Crippen molar-refractivity contribution in [1.82, 2.24) is 0 Å². The standard InChI is InChI=1S/C54H51N/c1-53(2,3)43-29-31-44(32-30-43)54(4)50-21-13-11-20-48(50)49-36-35-46(37-51(49)54)55(52-22-14-12-19-47(52)42-17-9-6-10-18-42)45-33-27-41(28-34-45)40-25-23-39(24-26-40)38-15-7-5-8-16-38/h6,9-14,17-38H,5,7-8,15-16H2,1-4H3. The largest absolute Gasteiger partial charge is 0.310 e. The topological polar surface area (TPSA) is 3.24 Å². The number of hydrogen-bond donors (Lipinski definition) is 0. The van der Waals surface area contributed by atoms with E-state index in [1.165, 1.54) is 93.3 Å². The van der Waals surface area contributed by atoms with Crippen molar-refractivity contribution in [2.75, 3.05) is 4.90 Å². The van der Waals surface area contributed by atoms with Gasteiger partial charge in [0.05, 0.1) is 5.69 Å². The zero-order valence-electron chi connectivity index (χ0n) is 32.7. The van der Waals surface area contributed by atoms with Crippen LogP contribution in [0.4, 0.5) is 17.1 Å². The fourth-order valence-electron chi connectivity index (χ4n) is 9.38. The molecule has 0 saturated heterocycles. The first kappa shape index (κ1) is 35.1. The third-order valence-corrected chi connectivity index (χ3v) is 12.6. The number of hydrogen-bond acceptors (Lipinski definition) is 1. The summed E-state index contributed by atoms with van der Waals surface area (Å²) in [4.78, 5) is 2.46. The van der Waals surface area contributed by atoms with Gasteiger partial charge in [-0.25, -0.2) is 0 Å². The van der Waals surface area contributed by atoms with Crippen molar-refractivity contribution in [3.05, 3.63) is 198 Å². The Balaban J connectivity index is 1.17. The third-order valence-electron chi connectivity index (χ3n) is 12.6. The van der Waals surface area contributed by atoms with E-state index in [-0.39, 0.29) is 10.8 Å². The summed E-state index contributed by atoms with van der Waals surface area (Å²) in [6.07, 6.45) is 6.76. The van der Waals surface area contributed by atoms with E-state index >= 15 is 0 Å². The number of rotatable bonds is 7. The Kier molecular flexibility index (Phi) is 9.05. The van der Waals surface area contributed by atoms with Gasteiger partial charge in [-0.2, -0.15) is 0 Å². The summed E-state index contributed by atoms with van der Waals surface area (Å²) in [7, 11) is 0. The third kappa shape index (κ3) is 6.40. The molecule has 1 heteroatoms. The van der Waals surface area contributed by atoms with E-state index in [0.29, 0.717) is 5.92 Å². The minimum absolute atomic E-state index is 0.0959. The molecule has 1 fully saturated rings. The average Bonchev–Trinajstić information content (AvgIpc) is 3.50. The Morgan fingerprint density at radius 2 is 1.07 bits per heavy atom. The molecule has 0 aliphatic heterocycles. The van der Waals surface area contributed by atoms with Crippen molar-refractivity contribution in [1.29, 1.82) is 0 Å². The van der Waals surface area contributed by atoms with Crippen LogP contribution in [0.1, 0.15) is 93.5 Å². The van der Waals surface area contributed by atoms with Crippen LogP contribution in [0.3, 0.4) is 0 Å². The van der Waals surface area contributed by atoms with Crippen molar-refractivity contribution in [3.63, 3.8) is 0 Å². The van der Waals surface area contributed by atoms with Crippen LogP contribution in [0.2, 0.25) is 0 Å². The molecule has 7 aromatic rings. The van der Waals surface area contributed by atoms with Gasteiger partial charge in [0.2, 0.25) is 0 Å². The van der Waals surface area contributed by atoms with Crippen LogP contribution in [0, 0.1) is 0 Å². The summed E-state index contributed by atoms with van der Waals surface area (Å²) < 4.78 is 0. The molecule has 0 N–H and O–H groups in total. The normalized spacial score (nSPS) is 16.7. The van der Waals surface area contributed by atoms with Crippen LogP contribution in [-0.2, 0) is 10.8 Å². The quantitative estimate of drug-likeness (QED) is 0.159. The lowest BCUT2D eigenvalue weighted by Crippen LogP contribution is -2.23. The summed E-state index contributed by atoms with van der Waals surface area (Å²) in [5.41, 5.74) is 17.7. The Morgan fingerprint density at radius 3 is 1.76 bits per heavy atom. The molecule has 272 valence electrons. The number of anilines is 3. The molecule has 7 aromatic carbocycles. The zero-order valence-corrected chi connectivity index (χ0v) is 32.7. The maximum Gasteiger partial charge on any atom is 0.0540 e. The molecule has 0 radical (unpaired) electrons. The van der Waals surface area contributed by atoms with E-state index in [9.17, 15) is 0 Å². The van der Waals surface area contributed by atoms with Gasteiger partial charge in [0.25, 0.3) is 0 Å². The molecule has 0 heterocycles. The van der Waals surface area contributed by atoms with E-state index in [1.54, 1.807) is 0 Å². The lowest BCUT2D eigenvalue weighted by atomic mass is 9.73. The zero-order chi connectivity index (χ0) is 37.6. The Morgan fingerprint density at radius 1 is 0.491 bits per heavy atom. The molecule has 9 rings (SSSR count). The lowest BCUT2D eigenvalue weighted by Gasteiger charge is -2.32. The second kappa shape index (κ2) is 14.2. The molecule has 0 amide bonds. The highest BCUT2D eigenvalue weighted by Gasteiger charge is 2.41. The van der Waals surface area contributed by atoms with E-state index in [0.717, 1.165) is 17.1 Å². The highest BCUT2D eigenvalue weighted by Crippen LogP contribution is 2.54. The van der Waals surface area contributed by atoms with E-state index < -0.39 is 0 Å². The molecule has 1 unspecified atom stereocenters. The summed E-state index contributed by atoms with van der Waals surface area (Å²) in [5.74, 6) is 0.716. The van der Waals surface area contributed by atoms with Crippen molar-refractivity contribution < 1.29 is 0 Å². The lowest BCUT2D eigenvalue weighted by molar-refractivity contribution is 0.443. The fourth-order valence-corrected chi connectivity index (χ4v) is 9.38. The predicted molar refractivity (Wildman–Crippen MR) is 234 cm³/mol. The SMILES string of the molecule is CC(C)(C)c1ccc(C2(C)c3ccccc3-c3ccc(N(c4ccc(-c5ccc(C6CCCCC6)cc5)cc4)c4ccccc4-c4ccccc4)cc32)cc1. The number of benzene rings is 7. The van der Waals surface area contributed by atoms with Crippen molar-refractivity contribution >= 4 is 17.1 Å². The smallest absolute Gasteiger partial charge is 0.0540 e. The second-order valence-corrected chi connectivity index (χ2v) is 17.0. The molecule has 1 atom stereocenters. The Hall–Kier alpha value is -5.66. The van der Waals surface area contributed by atoms with Gasteiger partial charge < -0.3 is 4.90 Å². The summed E-state index contributed by atoms with van der Waals surface area (Å²) in [5, 5.41) is 0. The van der Waals surface area contributed by atoms with Gasteiger partial charge in [0.15, 0.2) is 0 Å². The van der Waals surface area contributed by atoms with Gasteiger partial charge in [-0.05, 0) is 117 Å². The van der Waals surface area contributed by atoms with Gasteiger partial charge in [0, 0.05) is 22.4 Å². The summed E-state index contributed by atoms with van der Waals surface area (Å²) >= 11 is 0. The van der Waals surface area contributed by atoms with E-state index in [4.69, 9.17) is 0 Å². The Labute approximate surface area is 328 Å². The minimum atomic E-state index is -0.309. The van der Waals surface area contributed by atoms with Crippen LogP contribution < -0.4 is 4.90 Å². The molecule has 0 aromatic heterocycles. The average molecular weight is 714 g/mol. The van der Waals surface area contributed by atoms with Crippen molar-refractivity contribution in [3.8, 4) is 33.4 Å². The predicted octanol–water partition coefficient (Wildman–Crippen LogP) is 15.2. The molecule has 55 heavy (non-hydrogen) atoms. The second-order valence-electron chi connectivity index (χ2n) is 17.0. The maximum absolute atomic E-state index is 2.46. The van der Waals surface area contributed by atoms with Gasteiger partial charge in [-0.3, -0.25) is 0 Å². The molecule has 2 aliphatic carbocycles. The van der Waals surface area contributed by atoms with E-state index in [1.807, 2.05) is 0 Å². The van der Waals surface area contributed by atoms with Gasteiger partial charge in [-0.1, -0.05) is 180 Å². The monoisotopic (exact) mass is 713 g/mol. The number of nitrogens with zero attached hydrogens (tertiary/aromatic N) is 1. The minimum Gasteiger partial charge on any atom is -0.310 e. The molecular formula is C54H51N. The first-order chi connectivity index (χ1) is 26.8. The summed E-state index contributed by atoms with van der Waals surface area (Å²) in [6, 6.07) is 63.8. The van der Waals surface area contributed by atoms with Crippen LogP contribution in [0.15, 0.2) is 170 Å². The maximum atomic E-state index is 2.46. The number of fused-ring (bicyclic) bond motifs is 3. The van der Waals surface area contributed by atoms with Gasteiger partial charge in [0.1, 0.15) is 0 Å². The van der Waals surface area contributed by atoms with Gasteiger partial charge >= 0.3 is 0 Å².